The Bertz CT molecular complexity index is 944. The van der Waals surface area contributed by atoms with Gasteiger partial charge >= 0.3 is 12.1 Å². The second-order valence-corrected chi connectivity index (χ2v) is 8.12. The number of ether oxygens (including phenoxy) is 3. The number of carbonyl (C=O) groups excluding carboxylic acids is 5. The lowest BCUT2D eigenvalue weighted by Crippen LogP contribution is -2.47. The molecular weight excluding hydrogens is 458 g/mol. The van der Waals surface area contributed by atoms with Crippen molar-refractivity contribution >= 4 is 29.5 Å². The van der Waals surface area contributed by atoms with Crippen LogP contribution in [-0.2, 0) is 33.4 Å². The number of hydrogen-bond donors (Lipinski definition) is 1. The number of allylic oxidation sites excluding steroid dienone is 1. The van der Waals surface area contributed by atoms with Crippen molar-refractivity contribution in [2.75, 3.05) is 19.8 Å². The van der Waals surface area contributed by atoms with Gasteiger partial charge in [-0.15, -0.1) is 0 Å². The average molecular weight is 490 g/mol. The Labute approximate surface area is 203 Å². The number of aliphatic hydroxyl groups is 1. The van der Waals surface area contributed by atoms with Crippen LogP contribution in [0.3, 0.4) is 0 Å². The highest BCUT2D eigenvalue weighted by Gasteiger charge is 2.47. The number of ketones is 2. The van der Waals surface area contributed by atoms with Crippen LogP contribution in [0.25, 0.3) is 0 Å². The Morgan fingerprint density at radius 1 is 1.14 bits per heavy atom. The van der Waals surface area contributed by atoms with E-state index in [-0.39, 0.29) is 32.0 Å². The average Bonchev–Trinajstić information content (AvgIpc) is 3.14. The van der Waals surface area contributed by atoms with Crippen LogP contribution in [0.1, 0.15) is 45.3 Å². The summed E-state index contributed by atoms with van der Waals surface area (Å²) in [6.07, 6.45) is -0.523. The molecule has 0 saturated carbocycles. The van der Waals surface area contributed by atoms with Crippen molar-refractivity contribution in [3.63, 3.8) is 0 Å². The zero-order valence-electron chi connectivity index (χ0n) is 20.0. The lowest BCUT2D eigenvalue weighted by Gasteiger charge is -2.26. The molecule has 0 unspecified atom stereocenters. The zero-order valence-corrected chi connectivity index (χ0v) is 20.0. The number of rotatable bonds is 13. The molecule has 2 rings (SSSR count). The van der Waals surface area contributed by atoms with E-state index in [4.69, 9.17) is 19.3 Å². The molecule has 0 aromatic heterocycles. The predicted molar refractivity (Wildman–Crippen MR) is 123 cm³/mol. The second-order valence-electron chi connectivity index (χ2n) is 8.12. The molecule has 1 aromatic rings. The van der Waals surface area contributed by atoms with Gasteiger partial charge in [0.15, 0.2) is 17.7 Å². The van der Waals surface area contributed by atoms with E-state index in [1.165, 1.54) is 6.92 Å². The summed E-state index contributed by atoms with van der Waals surface area (Å²) in [5.74, 6) is -3.84. The number of hydrogen-bond acceptors (Lipinski definition) is 9. The molecule has 1 aromatic carbocycles. The van der Waals surface area contributed by atoms with Crippen molar-refractivity contribution in [2.45, 2.75) is 51.9 Å². The van der Waals surface area contributed by atoms with E-state index >= 15 is 0 Å². The van der Waals surface area contributed by atoms with Crippen LogP contribution >= 0.6 is 0 Å². The first-order chi connectivity index (χ1) is 16.7. The Kier molecular flexibility index (Phi) is 10.8. The number of cyclic esters (lactones) is 1. The Balaban J connectivity index is 2.08. The maximum absolute atomic E-state index is 13.2. The van der Waals surface area contributed by atoms with Gasteiger partial charge < -0.3 is 19.3 Å². The third kappa shape index (κ3) is 7.83. The Hall–Kier alpha value is -3.37. The molecule has 10 nitrogen and oxygen atoms in total. The number of imide groups is 1. The molecule has 1 heterocycles. The fourth-order valence-electron chi connectivity index (χ4n) is 3.65. The van der Waals surface area contributed by atoms with Crippen molar-refractivity contribution in [3.8, 4) is 0 Å². The molecule has 2 amide bonds. The molecule has 35 heavy (non-hydrogen) atoms. The molecule has 0 bridgehead atoms. The van der Waals surface area contributed by atoms with Crippen molar-refractivity contribution in [1.29, 1.82) is 0 Å². The third-order valence-electron chi connectivity index (χ3n) is 5.43. The van der Waals surface area contributed by atoms with E-state index in [9.17, 15) is 24.0 Å². The fraction of sp³-hybridized carbons (Fsp3) is 0.480. The van der Waals surface area contributed by atoms with E-state index in [0.29, 0.717) is 12.0 Å². The quantitative estimate of drug-likeness (QED) is 0.251. The van der Waals surface area contributed by atoms with Gasteiger partial charge in [-0.25, -0.2) is 9.69 Å². The van der Waals surface area contributed by atoms with Gasteiger partial charge in [0.1, 0.15) is 6.10 Å². The minimum atomic E-state index is -1.52. The summed E-state index contributed by atoms with van der Waals surface area (Å²) in [5.41, 5.74) is 0.715. The molecule has 4 atom stereocenters. The number of esters is 1. The minimum absolute atomic E-state index is 0.111. The largest absolute Gasteiger partial charge is 0.453 e. The van der Waals surface area contributed by atoms with Crippen LogP contribution < -0.4 is 0 Å². The summed E-state index contributed by atoms with van der Waals surface area (Å²) in [7, 11) is 0. The van der Waals surface area contributed by atoms with E-state index < -0.39 is 47.9 Å². The van der Waals surface area contributed by atoms with Gasteiger partial charge in [0.25, 0.3) is 0 Å². The molecule has 0 aliphatic carbocycles. The minimum Gasteiger partial charge on any atom is -0.453 e. The molecule has 1 saturated heterocycles. The fourth-order valence-corrected chi connectivity index (χ4v) is 3.65. The molecule has 10 heteroatoms. The number of amides is 2. The van der Waals surface area contributed by atoms with Crippen molar-refractivity contribution in [3.05, 3.63) is 48.0 Å². The van der Waals surface area contributed by atoms with Gasteiger partial charge in [-0.05, 0) is 38.0 Å². The van der Waals surface area contributed by atoms with E-state index in [2.05, 4.69) is 0 Å². The smallest absolute Gasteiger partial charge is 0.417 e. The zero-order chi connectivity index (χ0) is 26.0. The first-order valence-corrected chi connectivity index (χ1v) is 11.4. The van der Waals surface area contributed by atoms with Gasteiger partial charge in [0.2, 0.25) is 5.91 Å². The Morgan fingerprint density at radius 3 is 2.46 bits per heavy atom. The van der Waals surface area contributed by atoms with Crippen LogP contribution in [0.2, 0.25) is 0 Å². The number of benzene rings is 1. The molecule has 0 radical (unpaired) electrons. The molecule has 1 fully saturated rings. The predicted octanol–water partition coefficient (Wildman–Crippen LogP) is 2.15. The van der Waals surface area contributed by atoms with Gasteiger partial charge in [-0.1, -0.05) is 30.3 Å². The van der Waals surface area contributed by atoms with Crippen LogP contribution in [0.4, 0.5) is 4.79 Å². The maximum atomic E-state index is 13.2. The van der Waals surface area contributed by atoms with Gasteiger partial charge in [0, 0.05) is 20.0 Å². The van der Waals surface area contributed by atoms with E-state index in [1.807, 2.05) is 6.07 Å². The van der Waals surface area contributed by atoms with Gasteiger partial charge in [0.05, 0.1) is 25.2 Å². The number of aliphatic hydroxyl groups excluding tert-OH is 1. The van der Waals surface area contributed by atoms with Crippen LogP contribution in [0.5, 0.6) is 0 Å². The van der Waals surface area contributed by atoms with Crippen LogP contribution in [0, 0.1) is 5.92 Å². The summed E-state index contributed by atoms with van der Waals surface area (Å²) < 4.78 is 15.6. The highest BCUT2D eigenvalue weighted by Crippen LogP contribution is 2.33. The summed E-state index contributed by atoms with van der Waals surface area (Å²) >= 11 is 0. The second kappa shape index (κ2) is 13.5. The van der Waals surface area contributed by atoms with E-state index in [0.717, 1.165) is 24.0 Å². The first kappa shape index (κ1) is 27.9. The standard InChI is InChI=1S/C25H31NO9/c1-16(24(31)26-17(2)23(35-25(26)32)19-8-5-4-6-9-19)22(34-18(3)28)21(30)12-11-20(29)10-7-14-33-15-13-27/h4-6,8-9,11-12,16-17,22-23,27H,7,10,13-15H2,1-3H3/t16-,17-,22-,23-/m1/s1. The van der Waals surface area contributed by atoms with E-state index in [1.54, 1.807) is 31.2 Å². The summed E-state index contributed by atoms with van der Waals surface area (Å²) in [6.45, 7) is 4.46. The topological polar surface area (TPSA) is 137 Å². The molecule has 1 aliphatic rings. The normalized spacial score (nSPS) is 19.3. The van der Waals surface area contributed by atoms with Crippen LogP contribution in [0.15, 0.2) is 42.5 Å². The van der Waals surface area contributed by atoms with Crippen molar-refractivity contribution in [2.24, 2.45) is 5.92 Å². The maximum Gasteiger partial charge on any atom is 0.417 e. The molecular formula is C25H31NO9. The third-order valence-corrected chi connectivity index (χ3v) is 5.43. The van der Waals surface area contributed by atoms with Crippen LogP contribution in [-0.4, -0.2) is 71.5 Å². The lowest BCUT2D eigenvalue weighted by atomic mass is 9.96. The molecule has 190 valence electrons. The number of carbonyl (C=O) groups is 5. The summed E-state index contributed by atoms with van der Waals surface area (Å²) in [4.78, 5) is 63.0. The first-order valence-electron chi connectivity index (χ1n) is 11.4. The lowest BCUT2D eigenvalue weighted by molar-refractivity contribution is -0.158. The SMILES string of the molecule is CC(=O)O[C@@H](C(=O)C=CC(=O)CCCOCCO)[C@@H](C)C(=O)N1C(=O)O[C@@H](c2ccccc2)[C@H]1C. The highest BCUT2D eigenvalue weighted by molar-refractivity contribution is 6.04. The van der Waals surface area contributed by atoms with Gasteiger partial charge in [-0.2, -0.15) is 0 Å². The highest BCUT2D eigenvalue weighted by atomic mass is 16.6. The van der Waals surface area contributed by atoms with Crippen molar-refractivity contribution < 1.29 is 43.3 Å². The monoisotopic (exact) mass is 489 g/mol. The molecule has 1 aliphatic heterocycles. The van der Waals surface area contributed by atoms with Gasteiger partial charge in [-0.3, -0.25) is 19.2 Å². The summed E-state index contributed by atoms with van der Waals surface area (Å²) in [5, 5.41) is 8.65. The number of nitrogens with zero attached hydrogens (tertiary/aromatic N) is 1. The molecule has 1 N–H and O–H groups in total. The molecule has 0 spiro atoms. The van der Waals surface area contributed by atoms with Crippen molar-refractivity contribution in [1.82, 2.24) is 4.90 Å². The summed E-state index contributed by atoms with van der Waals surface area (Å²) in [6, 6.07) is 8.28. The Morgan fingerprint density at radius 2 is 1.83 bits per heavy atom.